The maximum atomic E-state index is 12.5. The molecule has 5 nitrogen and oxygen atoms in total. The maximum absolute atomic E-state index is 12.5. The summed E-state index contributed by atoms with van der Waals surface area (Å²) in [4.78, 5) is 19.8. The van der Waals surface area contributed by atoms with E-state index in [4.69, 9.17) is 16.3 Å². The summed E-state index contributed by atoms with van der Waals surface area (Å²) in [6, 6.07) is 15.4. The topological polar surface area (TPSA) is 67.0 Å². The lowest BCUT2D eigenvalue weighted by molar-refractivity contribution is -0.122. The smallest absolute Gasteiger partial charge is 0.220 e. The highest BCUT2D eigenvalue weighted by atomic mass is 35.5. The van der Waals surface area contributed by atoms with Crippen molar-refractivity contribution in [1.29, 1.82) is 0 Å². The van der Waals surface area contributed by atoms with Crippen LogP contribution in [0.2, 0.25) is 5.02 Å². The number of nitrogens with zero attached hydrogens (tertiary/aromatic N) is 1. The molecular weight excluding hydrogens is 374 g/mol. The Bertz CT molecular complexity index is 882. The molecule has 2 aromatic carbocycles. The van der Waals surface area contributed by atoms with Gasteiger partial charge in [0.2, 0.25) is 5.91 Å². The second-order valence-electron chi connectivity index (χ2n) is 6.63. The van der Waals surface area contributed by atoms with E-state index in [2.05, 4.69) is 15.3 Å². The molecule has 0 bridgehead atoms. The number of aryl methyl sites for hydroxylation is 1. The molecule has 3 rings (SSSR count). The van der Waals surface area contributed by atoms with E-state index in [0.717, 1.165) is 27.7 Å². The van der Waals surface area contributed by atoms with Gasteiger partial charge in [0.25, 0.3) is 0 Å². The molecule has 0 aliphatic rings. The number of halogens is 1. The largest absolute Gasteiger partial charge is 0.494 e. The Morgan fingerprint density at radius 1 is 1.25 bits per heavy atom. The SMILES string of the molecule is Cc1cc(OCCCC(=O)NC(Cc2ncc[nH]2)c2ccccc2)ccc1Cl. The fraction of sp³-hybridized carbons (Fsp3) is 0.273. The van der Waals surface area contributed by atoms with Crippen LogP contribution in [0, 0.1) is 6.92 Å². The highest BCUT2D eigenvalue weighted by Gasteiger charge is 2.16. The summed E-state index contributed by atoms with van der Waals surface area (Å²) in [7, 11) is 0. The molecule has 28 heavy (non-hydrogen) atoms. The lowest BCUT2D eigenvalue weighted by Crippen LogP contribution is -2.30. The zero-order chi connectivity index (χ0) is 19.8. The number of H-pyrrole nitrogens is 1. The molecule has 1 amide bonds. The summed E-state index contributed by atoms with van der Waals surface area (Å²) >= 11 is 6.02. The zero-order valence-electron chi connectivity index (χ0n) is 15.8. The Hall–Kier alpha value is -2.79. The number of rotatable bonds is 9. The molecule has 1 aromatic heterocycles. The number of carbonyl (C=O) groups is 1. The highest BCUT2D eigenvalue weighted by molar-refractivity contribution is 6.31. The number of hydrogen-bond donors (Lipinski definition) is 2. The number of imidazole rings is 1. The van der Waals surface area contributed by atoms with Crippen LogP contribution in [0.1, 0.15) is 35.8 Å². The van der Waals surface area contributed by atoms with E-state index < -0.39 is 0 Å². The summed E-state index contributed by atoms with van der Waals surface area (Å²) < 4.78 is 5.71. The first kappa shape index (κ1) is 20.0. The van der Waals surface area contributed by atoms with Gasteiger partial charge in [-0.3, -0.25) is 4.79 Å². The minimum atomic E-state index is -0.125. The highest BCUT2D eigenvalue weighted by Crippen LogP contribution is 2.21. The van der Waals surface area contributed by atoms with Gasteiger partial charge in [0.1, 0.15) is 11.6 Å². The molecule has 1 heterocycles. The van der Waals surface area contributed by atoms with Gasteiger partial charge in [0.15, 0.2) is 0 Å². The van der Waals surface area contributed by atoms with E-state index in [1.807, 2.05) is 55.5 Å². The van der Waals surface area contributed by atoms with Gasteiger partial charge in [-0.15, -0.1) is 0 Å². The van der Waals surface area contributed by atoms with Crippen LogP contribution in [0.25, 0.3) is 0 Å². The van der Waals surface area contributed by atoms with Crippen LogP contribution in [0.5, 0.6) is 5.75 Å². The van der Waals surface area contributed by atoms with Crippen molar-refractivity contribution in [2.75, 3.05) is 6.61 Å². The molecule has 0 aliphatic heterocycles. The zero-order valence-corrected chi connectivity index (χ0v) is 16.6. The maximum Gasteiger partial charge on any atom is 0.220 e. The summed E-state index contributed by atoms with van der Waals surface area (Å²) in [5.41, 5.74) is 2.03. The second-order valence-corrected chi connectivity index (χ2v) is 7.04. The van der Waals surface area contributed by atoms with Crippen LogP contribution in [0.15, 0.2) is 60.9 Å². The number of benzene rings is 2. The first-order valence-electron chi connectivity index (χ1n) is 9.33. The summed E-state index contributed by atoms with van der Waals surface area (Å²) in [6.07, 6.45) is 5.15. The molecule has 0 spiro atoms. The van der Waals surface area contributed by atoms with Crippen molar-refractivity contribution in [3.8, 4) is 5.75 Å². The minimum Gasteiger partial charge on any atom is -0.494 e. The molecule has 0 fully saturated rings. The standard InChI is InChI=1S/C22H24ClN3O2/c1-16-14-18(9-10-19(16)23)28-13-5-8-22(27)26-20(15-21-24-11-12-25-21)17-6-3-2-4-7-17/h2-4,6-7,9-12,14,20H,5,8,13,15H2,1H3,(H,24,25)(H,26,27). The van der Waals surface area contributed by atoms with Gasteiger partial charge in [0, 0.05) is 30.3 Å². The van der Waals surface area contributed by atoms with Crippen molar-refractivity contribution in [3.63, 3.8) is 0 Å². The van der Waals surface area contributed by atoms with E-state index >= 15 is 0 Å². The van der Waals surface area contributed by atoms with E-state index in [1.54, 1.807) is 12.4 Å². The molecule has 0 saturated heterocycles. The van der Waals surface area contributed by atoms with Crippen LogP contribution >= 0.6 is 11.6 Å². The summed E-state index contributed by atoms with van der Waals surface area (Å²) in [5, 5.41) is 3.83. The predicted molar refractivity (Wildman–Crippen MR) is 111 cm³/mol. The molecule has 3 aromatic rings. The third kappa shape index (κ3) is 5.86. The molecular formula is C22H24ClN3O2. The van der Waals surface area contributed by atoms with E-state index in [0.29, 0.717) is 25.9 Å². The molecule has 0 saturated carbocycles. The number of nitrogens with one attached hydrogen (secondary N) is 2. The molecule has 6 heteroatoms. The quantitative estimate of drug-likeness (QED) is 0.517. The second kappa shape index (κ2) is 9.95. The Balaban J connectivity index is 1.50. The fourth-order valence-corrected chi connectivity index (χ4v) is 3.05. The normalized spacial score (nSPS) is 11.8. The minimum absolute atomic E-state index is 0.00343. The van der Waals surface area contributed by atoms with E-state index in [1.165, 1.54) is 0 Å². The number of aromatic nitrogens is 2. The van der Waals surface area contributed by atoms with Crippen LogP contribution in [-0.2, 0) is 11.2 Å². The molecule has 0 radical (unpaired) electrons. The van der Waals surface area contributed by atoms with Crippen LogP contribution in [-0.4, -0.2) is 22.5 Å². The van der Waals surface area contributed by atoms with E-state index in [-0.39, 0.29) is 11.9 Å². The van der Waals surface area contributed by atoms with Gasteiger partial charge in [0.05, 0.1) is 12.6 Å². The van der Waals surface area contributed by atoms with Gasteiger partial charge in [-0.05, 0) is 42.7 Å². The molecule has 1 atom stereocenters. The number of carbonyl (C=O) groups excluding carboxylic acids is 1. The van der Waals surface area contributed by atoms with Gasteiger partial charge >= 0.3 is 0 Å². The first-order chi connectivity index (χ1) is 13.6. The average Bonchev–Trinajstić information content (AvgIpc) is 3.21. The number of aromatic amines is 1. The van der Waals surface area contributed by atoms with Gasteiger partial charge < -0.3 is 15.0 Å². The molecule has 1 unspecified atom stereocenters. The van der Waals surface area contributed by atoms with Crippen molar-refractivity contribution in [1.82, 2.24) is 15.3 Å². The monoisotopic (exact) mass is 397 g/mol. The van der Waals surface area contributed by atoms with Gasteiger partial charge in [-0.1, -0.05) is 41.9 Å². The lowest BCUT2D eigenvalue weighted by atomic mass is 10.0. The fourth-order valence-electron chi connectivity index (χ4n) is 2.94. The third-order valence-electron chi connectivity index (χ3n) is 4.44. The summed E-state index contributed by atoms with van der Waals surface area (Å²) in [6.45, 7) is 2.41. The average molecular weight is 398 g/mol. The summed E-state index contributed by atoms with van der Waals surface area (Å²) in [5.74, 6) is 1.61. The van der Waals surface area contributed by atoms with Crippen molar-refractivity contribution >= 4 is 17.5 Å². The van der Waals surface area contributed by atoms with Gasteiger partial charge in [-0.2, -0.15) is 0 Å². The van der Waals surface area contributed by atoms with Crippen LogP contribution in [0.3, 0.4) is 0 Å². The van der Waals surface area contributed by atoms with Crippen molar-refractivity contribution < 1.29 is 9.53 Å². The number of amides is 1. The van der Waals surface area contributed by atoms with Crippen molar-refractivity contribution in [2.45, 2.75) is 32.2 Å². The predicted octanol–water partition coefficient (Wildman–Crippen LogP) is 4.63. The first-order valence-corrected chi connectivity index (χ1v) is 9.71. The Labute approximate surface area is 170 Å². The van der Waals surface area contributed by atoms with Crippen LogP contribution in [0.4, 0.5) is 0 Å². The van der Waals surface area contributed by atoms with Crippen LogP contribution < -0.4 is 10.1 Å². The number of hydrogen-bond acceptors (Lipinski definition) is 3. The van der Waals surface area contributed by atoms with Crippen molar-refractivity contribution in [2.24, 2.45) is 0 Å². The third-order valence-corrected chi connectivity index (χ3v) is 4.86. The van der Waals surface area contributed by atoms with E-state index in [9.17, 15) is 4.79 Å². The Morgan fingerprint density at radius 2 is 2.07 bits per heavy atom. The lowest BCUT2D eigenvalue weighted by Gasteiger charge is -2.18. The number of ether oxygens (including phenoxy) is 1. The Kier molecular flexibility index (Phi) is 7.09. The molecule has 0 aliphatic carbocycles. The van der Waals surface area contributed by atoms with Crippen molar-refractivity contribution in [3.05, 3.63) is 82.9 Å². The Morgan fingerprint density at radius 3 is 2.79 bits per heavy atom. The molecule has 2 N–H and O–H groups in total. The molecule has 146 valence electrons. The van der Waals surface area contributed by atoms with Gasteiger partial charge in [-0.25, -0.2) is 4.98 Å².